The van der Waals surface area contributed by atoms with Crippen LogP contribution in [0.5, 0.6) is 0 Å². The SMILES string of the molecule is CC1(O)CCCN(Cc2ccc(C=O)o2)CC1. The van der Waals surface area contributed by atoms with E-state index in [0.717, 1.165) is 44.4 Å². The largest absolute Gasteiger partial charge is 0.457 e. The molecule has 0 aromatic carbocycles. The Kier molecular flexibility index (Phi) is 3.64. The molecule has 4 nitrogen and oxygen atoms in total. The van der Waals surface area contributed by atoms with E-state index in [-0.39, 0.29) is 0 Å². The first-order valence-corrected chi connectivity index (χ1v) is 6.08. The topological polar surface area (TPSA) is 53.7 Å². The summed E-state index contributed by atoms with van der Waals surface area (Å²) in [5.74, 6) is 1.19. The average molecular weight is 237 g/mol. The molecule has 1 N–H and O–H groups in total. The molecule has 0 aliphatic carbocycles. The Morgan fingerprint density at radius 1 is 1.47 bits per heavy atom. The molecule has 1 aromatic rings. The zero-order valence-electron chi connectivity index (χ0n) is 10.2. The monoisotopic (exact) mass is 237 g/mol. The molecule has 0 radical (unpaired) electrons. The van der Waals surface area contributed by atoms with Crippen LogP contribution >= 0.6 is 0 Å². The van der Waals surface area contributed by atoms with Gasteiger partial charge in [-0.3, -0.25) is 9.69 Å². The summed E-state index contributed by atoms with van der Waals surface area (Å²) in [5.41, 5.74) is -0.536. The van der Waals surface area contributed by atoms with Gasteiger partial charge >= 0.3 is 0 Å². The Balaban J connectivity index is 1.92. The van der Waals surface area contributed by atoms with Crippen LogP contribution in [-0.2, 0) is 6.54 Å². The molecule has 0 saturated carbocycles. The number of nitrogens with zero attached hydrogens (tertiary/aromatic N) is 1. The Hall–Kier alpha value is -1.13. The Morgan fingerprint density at radius 2 is 2.29 bits per heavy atom. The van der Waals surface area contributed by atoms with E-state index in [2.05, 4.69) is 4.90 Å². The molecule has 1 unspecified atom stereocenters. The zero-order chi connectivity index (χ0) is 12.3. The van der Waals surface area contributed by atoms with Crippen molar-refractivity contribution in [1.29, 1.82) is 0 Å². The second kappa shape index (κ2) is 5.02. The molecule has 2 rings (SSSR count). The molecular weight excluding hydrogens is 218 g/mol. The lowest BCUT2D eigenvalue weighted by Gasteiger charge is -2.21. The highest BCUT2D eigenvalue weighted by molar-refractivity contribution is 5.70. The third-order valence-electron chi connectivity index (χ3n) is 3.33. The molecule has 1 aliphatic rings. The van der Waals surface area contributed by atoms with Gasteiger partial charge in [0.15, 0.2) is 12.0 Å². The van der Waals surface area contributed by atoms with Gasteiger partial charge in [0.2, 0.25) is 0 Å². The summed E-state index contributed by atoms with van der Waals surface area (Å²) in [7, 11) is 0. The predicted octanol–water partition coefficient (Wildman–Crippen LogP) is 1.83. The molecule has 1 atom stereocenters. The molecule has 0 spiro atoms. The zero-order valence-corrected chi connectivity index (χ0v) is 10.2. The first kappa shape index (κ1) is 12.3. The van der Waals surface area contributed by atoms with Gasteiger partial charge in [-0.2, -0.15) is 0 Å². The van der Waals surface area contributed by atoms with E-state index >= 15 is 0 Å². The van der Waals surface area contributed by atoms with Gasteiger partial charge in [0, 0.05) is 6.54 Å². The molecule has 1 saturated heterocycles. The highest BCUT2D eigenvalue weighted by Gasteiger charge is 2.25. The minimum absolute atomic E-state index is 0.377. The third-order valence-corrected chi connectivity index (χ3v) is 3.33. The summed E-state index contributed by atoms with van der Waals surface area (Å²) in [5, 5.41) is 9.98. The summed E-state index contributed by atoms with van der Waals surface area (Å²) in [6.07, 6.45) is 3.35. The second-order valence-corrected chi connectivity index (χ2v) is 5.05. The fraction of sp³-hybridized carbons (Fsp3) is 0.615. The van der Waals surface area contributed by atoms with Crippen molar-refractivity contribution in [1.82, 2.24) is 4.90 Å². The maximum Gasteiger partial charge on any atom is 0.185 e. The van der Waals surface area contributed by atoms with E-state index in [1.165, 1.54) is 0 Å². The van der Waals surface area contributed by atoms with Crippen LogP contribution in [-0.4, -0.2) is 35.0 Å². The van der Waals surface area contributed by atoms with Crippen molar-refractivity contribution in [3.8, 4) is 0 Å². The van der Waals surface area contributed by atoms with Crippen LogP contribution in [0.1, 0.15) is 42.5 Å². The lowest BCUT2D eigenvalue weighted by atomic mass is 9.98. The van der Waals surface area contributed by atoms with Gasteiger partial charge in [0.05, 0.1) is 12.1 Å². The summed E-state index contributed by atoms with van der Waals surface area (Å²) in [6.45, 7) is 4.44. The number of aldehydes is 1. The van der Waals surface area contributed by atoms with E-state index < -0.39 is 5.60 Å². The number of rotatable bonds is 3. The lowest BCUT2D eigenvalue weighted by Crippen LogP contribution is -2.28. The highest BCUT2D eigenvalue weighted by atomic mass is 16.3. The van der Waals surface area contributed by atoms with Gasteiger partial charge in [-0.1, -0.05) is 0 Å². The minimum Gasteiger partial charge on any atom is -0.457 e. The average Bonchev–Trinajstić information content (AvgIpc) is 2.66. The summed E-state index contributed by atoms with van der Waals surface area (Å²) < 4.78 is 5.36. The van der Waals surface area contributed by atoms with Gasteiger partial charge < -0.3 is 9.52 Å². The number of hydrogen-bond acceptors (Lipinski definition) is 4. The van der Waals surface area contributed by atoms with Crippen LogP contribution in [0.2, 0.25) is 0 Å². The Morgan fingerprint density at radius 3 is 3.00 bits per heavy atom. The fourth-order valence-electron chi connectivity index (χ4n) is 2.24. The van der Waals surface area contributed by atoms with Gasteiger partial charge in [0.25, 0.3) is 0 Å². The van der Waals surface area contributed by atoms with Gasteiger partial charge in [-0.25, -0.2) is 0 Å². The van der Waals surface area contributed by atoms with Crippen LogP contribution in [0.25, 0.3) is 0 Å². The van der Waals surface area contributed by atoms with Crippen molar-refractivity contribution < 1.29 is 14.3 Å². The van der Waals surface area contributed by atoms with Crippen LogP contribution in [0, 0.1) is 0 Å². The number of carbonyl (C=O) groups is 1. The van der Waals surface area contributed by atoms with E-state index in [4.69, 9.17) is 4.42 Å². The molecule has 4 heteroatoms. The smallest absolute Gasteiger partial charge is 0.185 e. The van der Waals surface area contributed by atoms with Gasteiger partial charge in [0.1, 0.15) is 5.76 Å². The lowest BCUT2D eigenvalue weighted by molar-refractivity contribution is 0.0442. The van der Waals surface area contributed by atoms with Crippen LogP contribution in [0.15, 0.2) is 16.5 Å². The minimum atomic E-state index is -0.536. The van der Waals surface area contributed by atoms with Crippen LogP contribution in [0.4, 0.5) is 0 Å². The Bertz CT molecular complexity index is 384. The van der Waals surface area contributed by atoms with Gasteiger partial charge in [-0.15, -0.1) is 0 Å². The van der Waals surface area contributed by atoms with Crippen molar-refractivity contribution in [2.75, 3.05) is 13.1 Å². The highest BCUT2D eigenvalue weighted by Crippen LogP contribution is 2.22. The maximum atomic E-state index is 10.5. The van der Waals surface area contributed by atoms with Crippen molar-refractivity contribution in [2.24, 2.45) is 0 Å². The van der Waals surface area contributed by atoms with Crippen molar-refractivity contribution in [2.45, 2.75) is 38.3 Å². The standard InChI is InChI=1S/C13H19NO3/c1-13(16)5-2-7-14(8-6-13)9-11-3-4-12(10-15)17-11/h3-4,10,16H,2,5-9H2,1H3. The third kappa shape index (κ3) is 3.41. The summed E-state index contributed by atoms with van der Waals surface area (Å²) in [6, 6.07) is 3.53. The molecule has 1 aliphatic heterocycles. The quantitative estimate of drug-likeness (QED) is 0.815. The second-order valence-electron chi connectivity index (χ2n) is 5.05. The number of likely N-dealkylation sites (tertiary alicyclic amines) is 1. The number of aliphatic hydroxyl groups is 1. The fourth-order valence-corrected chi connectivity index (χ4v) is 2.24. The molecular formula is C13H19NO3. The first-order valence-electron chi connectivity index (χ1n) is 6.08. The number of hydrogen-bond donors (Lipinski definition) is 1. The van der Waals surface area contributed by atoms with Gasteiger partial charge in [-0.05, 0) is 44.9 Å². The molecule has 1 fully saturated rings. The van der Waals surface area contributed by atoms with Crippen LogP contribution < -0.4 is 0 Å². The Labute approximate surface area is 101 Å². The summed E-state index contributed by atoms with van der Waals surface area (Å²) in [4.78, 5) is 12.8. The number of furan rings is 1. The first-order chi connectivity index (χ1) is 8.09. The molecule has 2 heterocycles. The predicted molar refractivity (Wildman–Crippen MR) is 63.8 cm³/mol. The van der Waals surface area contributed by atoms with E-state index in [1.807, 2.05) is 13.0 Å². The van der Waals surface area contributed by atoms with Crippen molar-refractivity contribution >= 4 is 6.29 Å². The van der Waals surface area contributed by atoms with E-state index in [0.29, 0.717) is 12.3 Å². The molecule has 94 valence electrons. The maximum absolute atomic E-state index is 10.5. The van der Waals surface area contributed by atoms with Crippen LogP contribution in [0.3, 0.4) is 0 Å². The van der Waals surface area contributed by atoms with Crippen molar-refractivity contribution in [3.63, 3.8) is 0 Å². The molecule has 1 aromatic heterocycles. The normalized spacial score (nSPS) is 26.7. The summed E-state index contributed by atoms with van der Waals surface area (Å²) >= 11 is 0. The van der Waals surface area contributed by atoms with E-state index in [1.54, 1.807) is 6.07 Å². The van der Waals surface area contributed by atoms with E-state index in [9.17, 15) is 9.90 Å². The van der Waals surface area contributed by atoms with Crippen molar-refractivity contribution in [3.05, 3.63) is 23.7 Å². The molecule has 17 heavy (non-hydrogen) atoms. The molecule has 0 bridgehead atoms. The number of carbonyl (C=O) groups excluding carboxylic acids is 1. The molecule has 0 amide bonds.